The molecular formula is C21H22N2O6. The van der Waals surface area contributed by atoms with E-state index in [0.717, 1.165) is 14.2 Å². The monoisotopic (exact) mass is 398 g/mol. The molecule has 1 aliphatic carbocycles. The SMILES string of the molecule is COC(=O)C1(C(=O)OC)CCCC(C#N)(C#N)C1CC(=O)c1ccc(OC)cc1. The summed E-state index contributed by atoms with van der Waals surface area (Å²) in [5.74, 6) is -2.89. The molecule has 1 saturated carbocycles. The number of rotatable bonds is 6. The van der Waals surface area contributed by atoms with Gasteiger partial charge in [0.2, 0.25) is 0 Å². The van der Waals surface area contributed by atoms with Gasteiger partial charge in [-0.15, -0.1) is 0 Å². The van der Waals surface area contributed by atoms with E-state index in [0.29, 0.717) is 11.3 Å². The number of esters is 2. The van der Waals surface area contributed by atoms with Gasteiger partial charge in [-0.1, -0.05) is 0 Å². The maximum absolute atomic E-state index is 13.0. The summed E-state index contributed by atoms with van der Waals surface area (Å²) in [4.78, 5) is 38.5. The molecule has 29 heavy (non-hydrogen) atoms. The fourth-order valence-corrected chi connectivity index (χ4v) is 4.07. The van der Waals surface area contributed by atoms with E-state index in [-0.39, 0.29) is 25.7 Å². The lowest BCUT2D eigenvalue weighted by molar-refractivity contribution is -0.180. The third-order valence-electron chi connectivity index (χ3n) is 5.63. The molecule has 1 fully saturated rings. The van der Waals surface area contributed by atoms with E-state index < -0.39 is 34.5 Å². The molecule has 1 aromatic rings. The van der Waals surface area contributed by atoms with Crippen LogP contribution in [0.25, 0.3) is 0 Å². The average molecular weight is 398 g/mol. The maximum Gasteiger partial charge on any atom is 0.323 e. The van der Waals surface area contributed by atoms with Gasteiger partial charge in [-0.3, -0.25) is 14.4 Å². The third kappa shape index (κ3) is 3.66. The largest absolute Gasteiger partial charge is 0.497 e. The van der Waals surface area contributed by atoms with Crippen LogP contribution in [0.15, 0.2) is 24.3 Å². The lowest BCUT2D eigenvalue weighted by Gasteiger charge is -2.44. The van der Waals surface area contributed by atoms with E-state index in [9.17, 15) is 24.9 Å². The number of nitrogens with zero attached hydrogens (tertiary/aromatic N) is 2. The fourth-order valence-electron chi connectivity index (χ4n) is 4.07. The van der Waals surface area contributed by atoms with Gasteiger partial charge < -0.3 is 14.2 Å². The van der Waals surface area contributed by atoms with Crippen LogP contribution in [0.1, 0.15) is 36.0 Å². The highest BCUT2D eigenvalue weighted by atomic mass is 16.5. The van der Waals surface area contributed by atoms with E-state index in [1.54, 1.807) is 24.3 Å². The summed E-state index contributed by atoms with van der Waals surface area (Å²) in [5, 5.41) is 19.6. The predicted octanol–water partition coefficient (Wildman–Crippen LogP) is 2.43. The number of nitriles is 2. The number of methoxy groups -OCH3 is 3. The number of ether oxygens (including phenoxy) is 3. The summed E-state index contributed by atoms with van der Waals surface area (Å²) in [6.07, 6.45) is 0.0600. The number of Topliss-reactive ketones (excluding diaryl/α,β-unsaturated/α-hetero) is 1. The van der Waals surface area contributed by atoms with Gasteiger partial charge >= 0.3 is 11.9 Å². The number of hydrogen-bond donors (Lipinski definition) is 0. The lowest BCUT2D eigenvalue weighted by atomic mass is 9.53. The molecule has 0 spiro atoms. The standard InChI is InChI=1S/C21H22N2O6/c1-27-15-7-5-14(6-8-15)16(24)11-17-20(12-22,13-23)9-4-10-21(17,18(25)28-2)19(26)29-3/h5-8,17H,4,9-11H2,1-3H3. The van der Waals surface area contributed by atoms with Gasteiger partial charge in [0.15, 0.2) is 11.2 Å². The van der Waals surface area contributed by atoms with Crippen molar-refractivity contribution in [3.63, 3.8) is 0 Å². The number of ketones is 1. The van der Waals surface area contributed by atoms with Crippen LogP contribution in [-0.4, -0.2) is 39.1 Å². The summed E-state index contributed by atoms with van der Waals surface area (Å²) in [6, 6.07) is 10.2. The number of carbonyl (C=O) groups is 3. The quantitative estimate of drug-likeness (QED) is 0.406. The summed E-state index contributed by atoms with van der Waals surface area (Å²) in [5.41, 5.74) is -3.30. The molecule has 1 atom stereocenters. The van der Waals surface area contributed by atoms with Gasteiger partial charge in [0.05, 0.1) is 33.5 Å². The molecule has 1 unspecified atom stereocenters. The first kappa shape index (κ1) is 21.9. The van der Waals surface area contributed by atoms with Crippen LogP contribution in [0.3, 0.4) is 0 Å². The first-order valence-corrected chi connectivity index (χ1v) is 9.01. The second-order valence-electron chi connectivity index (χ2n) is 6.91. The Morgan fingerprint density at radius 3 is 2.00 bits per heavy atom. The van der Waals surface area contributed by atoms with Crippen molar-refractivity contribution >= 4 is 17.7 Å². The maximum atomic E-state index is 13.0. The molecule has 152 valence electrons. The van der Waals surface area contributed by atoms with Crippen molar-refractivity contribution in [3.05, 3.63) is 29.8 Å². The highest BCUT2D eigenvalue weighted by Crippen LogP contribution is 2.54. The van der Waals surface area contributed by atoms with Gasteiger partial charge in [-0.25, -0.2) is 0 Å². The Kier molecular flexibility index (Phi) is 6.60. The Morgan fingerprint density at radius 2 is 1.55 bits per heavy atom. The van der Waals surface area contributed by atoms with E-state index in [1.165, 1.54) is 7.11 Å². The summed E-state index contributed by atoms with van der Waals surface area (Å²) in [6.45, 7) is 0. The van der Waals surface area contributed by atoms with Gasteiger partial charge in [-0.05, 0) is 43.5 Å². The Balaban J connectivity index is 2.57. The van der Waals surface area contributed by atoms with Crippen molar-refractivity contribution < 1.29 is 28.6 Å². The molecule has 0 aromatic heterocycles. The van der Waals surface area contributed by atoms with Gasteiger partial charge in [0.25, 0.3) is 0 Å². The van der Waals surface area contributed by atoms with Crippen molar-refractivity contribution in [3.8, 4) is 17.9 Å². The molecule has 1 aromatic carbocycles. The van der Waals surface area contributed by atoms with Crippen LogP contribution in [0.2, 0.25) is 0 Å². The molecule has 0 saturated heterocycles. The summed E-state index contributed by atoms with van der Waals surface area (Å²) >= 11 is 0. The minimum Gasteiger partial charge on any atom is -0.497 e. The predicted molar refractivity (Wildman–Crippen MR) is 99.4 cm³/mol. The zero-order valence-electron chi connectivity index (χ0n) is 16.6. The van der Waals surface area contributed by atoms with Gasteiger partial charge in [-0.2, -0.15) is 10.5 Å². The van der Waals surface area contributed by atoms with Crippen molar-refractivity contribution in [1.82, 2.24) is 0 Å². The third-order valence-corrected chi connectivity index (χ3v) is 5.63. The molecule has 2 rings (SSSR count). The molecule has 0 bridgehead atoms. The van der Waals surface area contributed by atoms with Gasteiger partial charge in [0, 0.05) is 17.9 Å². The molecule has 8 heteroatoms. The second-order valence-corrected chi connectivity index (χ2v) is 6.91. The normalized spacial score (nSPS) is 19.1. The smallest absolute Gasteiger partial charge is 0.323 e. The summed E-state index contributed by atoms with van der Waals surface area (Å²) in [7, 11) is 3.73. The van der Waals surface area contributed by atoms with Crippen molar-refractivity contribution in [2.24, 2.45) is 16.7 Å². The molecular weight excluding hydrogens is 376 g/mol. The average Bonchev–Trinajstić information content (AvgIpc) is 2.78. The van der Waals surface area contributed by atoms with Gasteiger partial charge in [0.1, 0.15) is 11.2 Å². The zero-order chi connectivity index (χ0) is 21.7. The number of carbonyl (C=O) groups excluding carboxylic acids is 3. The first-order valence-electron chi connectivity index (χ1n) is 9.01. The van der Waals surface area contributed by atoms with E-state index >= 15 is 0 Å². The van der Waals surface area contributed by atoms with Crippen LogP contribution >= 0.6 is 0 Å². The van der Waals surface area contributed by atoms with Crippen molar-refractivity contribution in [2.45, 2.75) is 25.7 Å². The zero-order valence-corrected chi connectivity index (χ0v) is 16.6. The molecule has 0 aliphatic heterocycles. The number of hydrogen-bond acceptors (Lipinski definition) is 8. The van der Waals surface area contributed by atoms with E-state index in [4.69, 9.17) is 14.2 Å². The molecule has 0 heterocycles. The lowest BCUT2D eigenvalue weighted by Crippen LogP contribution is -2.56. The number of benzene rings is 1. The Bertz CT molecular complexity index is 848. The van der Waals surface area contributed by atoms with Crippen LogP contribution in [-0.2, 0) is 19.1 Å². The Labute approximate surface area is 169 Å². The first-order chi connectivity index (χ1) is 13.8. The molecule has 1 aliphatic rings. The molecule has 0 radical (unpaired) electrons. The van der Waals surface area contributed by atoms with Crippen molar-refractivity contribution in [1.29, 1.82) is 10.5 Å². The minimum absolute atomic E-state index is 0.0258. The highest BCUT2D eigenvalue weighted by molar-refractivity contribution is 6.03. The van der Waals surface area contributed by atoms with Crippen LogP contribution < -0.4 is 4.74 Å². The van der Waals surface area contributed by atoms with E-state index in [2.05, 4.69) is 0 Å². The molecule has 0 N–H and O–H groups in total. The van der Waals surface area contributed by atoms with Crippen LogP contribution in [0.4, 0.5) is 0 Å². The topological polar surface area (TPSA) is 126 Å². The van der Waals surface area contributed by atoms with Crippen molar-refractivity contribution in [2.75, 3.05) is 21.3 Å². The Hall–Kier alpha value is -3.39. The van der Waals surface area contributed by atoms with Crippen LogP contribution in [0.5, 0.6) is 5.75 Å². The fraction of sp³-hybridized carbons (Fsp3) is 0.476. The highest BCUT2D eigenvalue weighted by Gasteiger charge is 2.64. The van der Waals surface area contributed by atoms with E-state index in [1.807, 2.05) is 12.1 Å². The minimum atomic E-state index is -1.91. The second kappa shape index (κ2) is 8.74. The molecule has 8 nitrogen and oxygen atoms in total. The molecule has 0 amide bonds. The summed E-state index contributed by atoms with van der Waals surface area (Å²) < 4.78 is 14.8. The van der Waals surface area contributed by atoms with Crippen LogP contribution in [0, 0.1) is 39.4 Å². The Morgan fingerprint density at radius 1 is 1.00 bits per heavy atom.